The van der Waals surface area contributed by atoms with Crippen LogP contribution in [0.3, 0.4) is 0 Å². The molecule has 1 aliphatic rings. The SMILES string of the molecule is CC[C@H](C)c1ccc(OCCOc2ccc(/C=C3/SC(N)=NC3=O)cc2OC)cc1. The van der Waals surface area contributed by atoms with Gasteiger partial charge in [0.25, 0.3) is 5.91 Å². The van der Waals surface area contributed by atoms with Crippen LogP contribution in [-0.4, -0.2) is 31.4 Å². The normalized spacial score (nSPS) is 15.8. The van der Waals surface area contributed by atoms with Crippen LogP contribution in [-0.2, 0) is 4.79 Å². The first-order valence-electron chi connectivity index (χ1n) is 9.81. The molecule has 0 radical (unpaired) electrons. The number of hydrogen-bond acceptors (Lipinski definition) is 6. The first-order chi connectivity index (χ1) is 14.5. The fraction of sp³-hybridized carbons (Fsp3) is 0.304. The highest BCUT2D eigenvalue weighted by Gasteiger charge is 2.19. The largest absolute Gasteiger partial charge is 0.493 e. The molecule has 6 nitrogen and oxygen atoms in total. The number of benzene rings is 2. The molecule has 0 spiro atoms. The zero-order valence-electron chi connectivity index (χ0n) is 17.4. The van der Waals surface area contributed by atoms with Crippen LogP contribution >= 0.6 is 11.8 Å². The molecule has 2 aromatic carbocycles. The minimum Gasteiger partial charge on any atom is -0.493 e. The second-order valence-corrected chi connectivity index (χ2v) is 7.91. The summed E-state index contributed by atoms with van der Waals surface area (Å²) in [5, 5.41) is 0.257. The van der Waals surface area contributed by atoms with Gasteiger partial charge in [-0.3, -0.25) is 4.79 Å². The zero-order valence-corrected chi connectivity index (χ0v) is 18.2. The summed E-state index contributed by atoms with van der Waals surface area (Å²) in [6, 6.07) is 13.6. The van der Waals surface area contributed by atoms with E-state index in [1.165, 1.54) is 5.56 Å². The molecule has 1 aliphatic heterocycles. The molecule has 0 saturated heterocycles. The van der Waals surface area contributed by atoms with E-state index >= 15 is 0 Å². The van der Waals surface area contributed by atoms with E-state index in [-0.39, 0.29) is 11.1 Å². The Kier molecular flexibility index (Phi) is 7.41. The minimum atomic E-state index is -0.328. The van der Waals surface area contributed by atoms with Crippen molar-refractivity contribution in [2.75, 3.05) is 20.3 Å². The van der Waals surface area contributed by atoms with Gasteiger partial charge in [0.2, 0.25) is 0 Å². The zero-order chi connectivity index (χ0) is 21.5. The molecule has 0 bridgehead atoms. The fourth-order valence-corrected chi connectivity index (χ4v) is 3.59. The van der Waals surface area contributed by atoms with Crippen LogP contribution in [0, 0.1) is 0 Å². The molecule has 1 amide bonds. The maximum atomic E-state index is 11.7. The summed E-state index contributed by atoms with van der Waals surface area (Å²) >= 11 is 1.16. The van der Waals surface area contributed by atoms with Gasteiger partial charge in [-0.15, -0.1) is 0 Å². The summed E-state index contributed by atoms with van der Waals surface area (Å²) in [7, 11) is 1.57. The highest BCUT2D eigenvalue weighted by molar-refractivity contribution is 8.18. The van der Waals surface area contributed by atoms with Crippen LogP contribution in [0.4, 0.5) is 0 Å². The lowest BCUT2D eigenvalue weighted by Gasteiger charge is -2.13. The summed E-state index contributed by atoms with van der Waals surface area (Å²) in [4.78, 5) is 15.9. The van der Waals surface area contributed by atoms with Gasteiger partial charge in [0.1, 0.15) is 19.0 Å². The summed E-state index contributed by atoms with van der Waals surface area (Å²) in [6.07, 6.45) is 2.84. The van der Waals surface area contributed by atoms with Crippen LogP contribution in [0.25, 0.3) is 6.08 Å². The second kappa shape index (κ2) is 10.2. The summed E-state index contributed by atoms with van der Waals surface area (Å²) in [6.45, 7) is 5.19. The molecule has 2 N–H and O–H groups in total. The van der Waals surface area contributed by atoms with Crippen molar-refractivity contribution >= 4 is 28.9 Å². The lowest BCUT2D eigenvalue weighted by atomic mass is 9.99. The van der Waals surface area contributed by atoms with Gasteiger partial charge in [0, 0.05) is 0 Å². The lowest BCUT2D eigenvalue weighted by Crippen LogP contribution is -2.09. The molecule has 158 valence electrons. The van der Waals surface area contributed by atoms with E-state index in [4.69, 9.17) is 19.9 Å². The number of amides is 1. The van der Waals surface area contributed by atoms with E-state index in [9.17, 15) is 4.79 Å². The Hall–Kier alpha value is -2.93. The van der Waals surface area contributed by atoms with E-state index in [0.29, 0.717) is 35.5 Å². The van der Waals surface area contributed by atoms with Crippen molar-refractivity contribution < 1.29 is 19.0 Å². The Balaban J connectivity index is 1.54. The van der Waals surface area contributed by atoms with Gasteiger partial charge in [-0.1, -0.05) is 32.0 Å². The Morgan fingerprint density at radius 1 is 1.10 bits per heavy atom. The number of hydrogen-bond donors (Lipinski definition) is 1. The van der Waals surface area contributed by atoms with Gasteiger partial charge < -0.3 is 19.9 Å². The predicted octanol–water partition coefficient (Wildman–Crippen LogP) is 4.60. The number of thioether (sulfide) groups is 1. The molecule has 7 heteroatoms. The van der Waals surface area contributed by atoms with E-state index in [1.54, 1.807) is 25.3 Å². The number of nitrogens with zero attached hydrogens (tertiary/aromatic N) is 1. The molecule has 1 heterocycles. The van der Waals surface area contributed by atoms with Gasteiger partial charge in [0.05, 0.1) is 12.0 Å². The van der Waals surface area contributed by atoms with Gasteiger partial charge in [-0.25, -0.2) is 0 Å². The number of aliphatic imine (C=N–C) groups is 1. The first-order valence-corrected chi connectivity index (χ1v) is 10.6. The van der Waals surface area contributed by atoms with Crippen molar-refractivity contribution in [3.63, 3.8) is 0 Å². The number of nitrogens with two attached hydrogens (primary N) is 1. The quantitative estimate of drug-likeness (QED) is 0.466. The van der Waals surface area contributed by atoms with Gasteiger partial charge in [-0.2, -0.15) is 4.99 Å². The summed E-state index contributed by atoms with van der Waals surface area (Å²) in [5.74, 6) is 2.22. The van der Waals surface area contributed by atoms with Crippen LogP contribution in [0.2, 0.25) is 0 Å². The fourth-order valence-electron chi connectivity index (χ4n) is 2.91. The van der Waals surface area contributed by atoms with Crippen molar-refractivity contribution in [2.45, 2.75) is 26.2 Å². The Morgan fingerprint density at radius 2 is 1.83 bits per heavy atom. The number of carbonyl (C=O) groups excluding carboxylic acids is 1. The number of ether oxygens (including phenoxy) is 3. The van der Waals surface area contributed by atoms with Crippen LogP contribution in [0.1, 0.15) is 37.3 Å². The van der Waals surface area contributed by atoms with E-state index in [1.807, 2.05) is 18.2 Å². The number of rotatable bonds is 9. The lowest BCUT2D eigenvalue weighted by molar-refractivity contribution is -0.113. The monoisotopic (exact) mass is 426 g/mol. The predicted molar refractivity (Wildman–Crippen MR) is 121 cm³/mol. The smallest absolute Gasteiger partial charge is 0.286 e. The van der Waals surface area contributed by atoms with Gasteiger partial charge in [-0.05, 0) is 65.6 Å². The molecule has 30 heavy (non-hydrogen) atoms. The molecule has 0 aromatic heterocycles. The minimum absolute atomic E-state index is 0.257. The van der Waals surface area contributed by atoms with E-state index in [0.717, 1.165) is 29.5 Å². The highest BCUT2D eigenvalue weighted by Crippen LogP contribution is 2.31. The molecular formula is C23H26N2O4S. The first kappa shape index (κ1) is 21.8. The van der Waals surface area contributed by atoms with Crippen molar-refractivity contribution in [3.8, 4) is 17.2 Å². The van der Waals surface area contributed by atoms with Crippen LogP contribution in [0.5, 0.6) is 17.2 Å². The summed E-state index contributed by atoms with van der Waals surface area (Å²) < 4.78 is 17.0. The Morgan fingerprint density at radius 3 is 2.47 bits per heavy atom. The number of carbonyl (C=O) groups is 1. The van der Waals surface area contributed by atoms with Crippen LogP contribution in [0.15, 0.2) is 52.4 Å². The van der Waals surface area contributed by atoms with Crippen molar-refractivity contribution in [1.82, 2.24) is 0 Å². The molecule has 2 aromatic rings. The molecule has 1 atom stereocenters. The van der Waals surface area contributed by atoms with Crippen LogP contribution < -0.4 is 19.9 Å². The molecule has 3 rings (SSSR count). The number of methoxy groups -OCH3 is 1. The Bertz CT molecular complexity index is 954. The third kappa shape index (κ3) is 5.57. The standard InChI is InChI=1S/C23H26N2O4S/c1-4-15(2)17-6-8-18(9-7-17)28-11-12-29-19-10-5-16(13-20(19)27-3)14-21-22(26)25-23(24)30-21/h5-10,13-15H,4,11-12H2,1-3H3,(H2,24,25,26)/b21-14+/t15-/m0/s1. The topological polar surface area (TPSA) is 83.1 Å². The molecule has 0 aliphatic carbocycles. The van der Waals surface area contributed by atoms with E-state index in [2.05, 4.69) is 31.0 Å². The highest BCUT2D eigenvalue weighted by atomic mass is 32.2. The second-order valence-electron chi connectivity index (χ2n) is 6.85. The third-order valence-electron chi connectivity index (χ3n) is 4.79. The maximum Gasteiger partial charge on any atom is 0.286 e. The van der Waals surface area contributed by atoms with Gasteiger partial charge in [0.15, 0.2) is 16.7 Å². The maximum absolute atomic E-state index is 11.7. The molecule has 0 unspecified atom stereocenters. The van der Waals surface area contributed by atoms with E-state index < -0.39 is 0 Å². The number of amidine groups is 1. The average molecular weight is 427 g/mol. The van der Waals surface area contributed by atoms with Crippen molar-refractivity contribution in [2.24, 2.45) is 10.7 Å². The van der Waals surface area contributed by atoms with Crippen molar-refractivity contribution in [1.29, 1.82) is 0 Å². The van der Waals surface area contributed by atoms with Crippen molar-refractivity contribution in [3.05, 3.63) is 58.5 Å². The summed E-state index contributed by atoms with van der Waals surface area (Å²) in [5.41, 5.74) is 7.70. The molecular weight excluding hydrogens is 400 g/mol. The third-order valence-corrected chi connectivity index (χ3v) is 5.61. The average Bonchev–Trinajstić information content (AvgIpc) is 3.08. The molecule has 0 fully saturated rings. The van der Waals surface area contributed by atoms with Gasteiger partial charge >= 0.3 is 0 Å². The molecule has 0 saturated carbocycles. The Labute approximate surface area is 181 Å².